The smallest absolute Gasteiger partial charge is 0.160 e. The average molecular weight is 754 g/mol. The van der Waals surface area contributed by atoms with Crippen LogP contribution in [-0.4, -0.2) is 24.4 Å². The molecule has 0 radical (unpaired) electrons. The monoisotopic (exact) mass is 752 g/mol. The number of nitrogens with two attached hydrogens (primary N) is 1. The van der Waals surface area contributed by atoms with Crippen molar-refractivity contribution in [2.75, 3.05) is 28.2 Å². The molecule has 0 spiro atoms. The third kappa shape index (κ3) is 11.8. The van der Waals surface area contributed by atoms with Crippen LogP contribution >= 0.6 is 23.2 Å². The molecule has 9 heteroatoms. The highest BCUT2D eigenvalue weighted by Gasteiger charge is 2.19. The summed E-state index contributed by atoms with van der Waals surface area (Å²) in [7, 11) is 0. The van der Waals surface area contributed by atoms with E-state index in [-0.39, 0.29) is 11.6 Å². The Morgan fingerprint density at radius 2 is 1.11 bits per heavy atom. The number of halogens is 2. The van der Waals surface area contributed by atoms with Gasteiger partial charge in [0.15, 0.2) is 11.6 Å². The lowest BCUT2D eigenvalue weighted by Crippen LogP contribution is -2.15. The fourth-order valence-electron chi connectivity index (χ4n) is 6.14. The van der Waals surface area contributed by atoms with Crippen molar-refractivity contribution >= 4 is 63.8 Å². The normalized spacial score (nSPS) is 14.1. The number of benzene rings is 4. The van der Waals surface area contributed by atoms with Crippen LogP contribution in [0.5, 0.6) is 0 Å². The molecule has 0 aromatic heterocycles. The Hall–Kier alpha value is -4.85. The lowest BCUT2D eigenvalue weighted by Gasteiger charge is -2.20. The first-order valence-corrected chi connectivity index (χ1v) is 18.8. The van der Waals surface area contributed by atoms with Crippen LogP contribution in [0.4, 0.5) is 22.7 Å². The molecule has 6 rings (SSSR count). The van der Waals surface area contributed by atoms with Gasteiger partial charge in [-0.05, 0) is 106 Å². The second-order valence-electron chi connectivity index (χ2n) is 13.3. The summed E-state index contributed by atoms with van der Waals surface area (Å²) in [5.41, 5.74) is 17.3. The predicted molar refractivity (Wildman–Crippen MR) is 222 cm³/mol. The van der Waals surface area contributed by atoms with Crippen molar-refractivity contribution in [3.8, 4) is 0 Å². The number of allylic oxidation sites excluding steroid dienone is 4. The SMILES string of the molecule is CC1=C(Nc2cccc(N)c2Cl)CCCC1=O.CC1=C(Nc2cccc(NCCc3ccccc3C)c2Cl)CCCC1=O.Cc1ccccc1CC=O. The number of rotatable bonds is 10. The van der Waals surface area contributed by atoms with E-state index in [9.17, 15) is 14.4 Å². The van der Waals surface area contributed by atoms with E-state index in [1.807, 2.05) is 75.4 Å². The largest absolute Gasteiger partial charge is 0.397 e. The van der Waals surface area contributed by atoms with Gasteiger partial charge in [-0.1, -0.05) is 83.9 Å². The molecule has 0 amide bonds. The maximum absolute atomic E-state index is 11.9. The van der Waals surface area contributed by atoms with E-state index in [1.165, 1.54) is 16.7 Å². The van der Waals surface area contributed by atoms with Crippen LogP contribution in [0, 0.1) is 13.8 Å². The van der Waals surface area contributed by atoms with Crippen LogP contribution in [0.25, 0.3) is 0 Å². The van der Waals surface area contributed by atoms with Crippen molar-refractivity contribution in [1.29, 1.82) is 0 Å². The fraction of sp³-hybridized carbons (Fsp3) is 0.295. The number of Topliss-reactive ketones (excluding diaryl/α,β-unsaturated/α-hetero) is 2. The number of hydrogen-bond acceptors (Lipinski definition) is 7. The molecule has 4 aromatic carbocycles. The van der Waals surface area contributed by atoms with Gasteiger partial charge >= 0.3 is 0 Å². The number of anilines is 4. The summed E-state index contributed by atoms with van der Waals surface area (Å²) in [5, 5.41) is 11.2. The number of hydrogen-bond donors (Lipinski definition) is 4. The molecule has 0 atom stereocenters. The van der Waals surface area contributed by atoms with Crippen molar-refractivity contribution in [2.45, 2.75) is 79.1 Å². The van der Waals surface area contributed by atoms with E-state index in [1.54, 1.807) is 6.07 Å². The molecule has 0 aliphatic heterocycles. The molecule has 0 unspecified atom stereocenters. The Labute approximate surface area is 324 Å². The number of aldehydes is 1. The van der Waals surface area contributed by atoms with Crippen molar-refractivity contribution < 1.29 is 14.4 Å². The van der Waals surface area contributed by atoms with Gasteiger partial charge in [0.2, 0.25) is 0 Å². The van der Waals surface area contributed by atoms with E-state index in [0.29, 0.717) is 35.0 Å². The molecule has 4 aromatic rings. The highest BCUT2D eigenvalue weighted by Crippen LogP contribution is 2.34. The van der Waals surface area contributed by atoms with Gasteiger partial charge in [-0.2, -0.15) is 0 Å². The highest BCUT2D eigenvalue weighted by molar-refractivity contribution is 6.36. The zero-order chi connectivity index (χ0) is 38.3. The second-order valence-corrected chi connectivity index (χ2v) is 14.0. The van der Waals surface area contributed by atoms with E-state index < -0.39 is 0 Å². The van der Waals surface area contributed by atoms with Crippen molar-refractivity contribution in [1.82, 2.24) is 0 Å². The van der Waals surface area contributed by atoms with Crippen LogP contribution in [-0.2, 0) is 27.2 Å². The quantitative estimate of drug-likeness (QED) is 0.0942. The van der Waals surface area contributed by atoms with E-state index in [0.717, 1.165) is 90.1 Å². The lowest BCUT2D eigenvalue weighted by atomic mass is 9.96. The van der Waals surface area contributed by atoms with Crippen LogP contribution in [0.3, 0.4) is 0 Å². The Kier molecular flexibility index (Phi) is 15.8. The molecule has 2 aliphatic carbocycles. The number of nitrogen functional groups attached to an aromatic ring is 1. The maximum Gasteiger partial charge on any atom is 0.160 e. The average Bonchev–Trinajstić information content (AvgIpc) is 3.14. The molecule has 53 heavy (non-hydrogen) atoms. The van der Waals surface area contributed by atoms with Gasteiger partial charge < -0.3 is 26.5 Å². The summed E-state index contributed by atoms with van der Waals surface area (Å²) < 4.78 is 0. The van der Waals surface area contributed by atoms with E-state index in [2.05, 4.69) is 47.1 Å². The van der Waals surface area contributed by atoms with Crippen LogP contribution in [0.1, 0.15) is 74.6 Å². The third-order valence-electron chi connectivity index (χ3n) is 9.54. The Morgan fingerprint density at radius 3 is 1.66 bits per heavy atom. The van der Waals surface area contributed by atoms with E-state index >= 15 is 0 Å². The zero-order valence-corrected chi connectivity index (χ0v) is 32.6. The van der Waals surface area contributed by atoms with Gasteiger partial charge in [0.25, 0.3) is 0 Å². The zero-order valence-electron chi connectivity index (χ0n) is 31.1. The predicted octanol–water partition coefficient (Wildman–Crippen LogP) is 10.8. The summed E-state index contributed by atoms with van der Waals surface area (Å²) in [5.74, 6) is 0.432. The first kappa shape index (κ1) is 40.9. The van der Waals surface area contributed by atoms with Crippen LogP contribution in [0.2, 0.25) is 10.0 Å². The summed E-state index contributed by atoms with van der Waals surface area (Å²) >= 11 is 12.7. The molecule has 7 nitrogen and oxygen atoms in total. The molecule has 0 saturated carbocycles. The van der Waals surface area contributed by atoms with Crippen molar-refractivity contribution in [3.63, 3.8) is 0 Å². The van der Waals surface area contributed by atoms with Crippen molar-refractivity contribution in [2.24, 2.45) is 0 Å². The minimum Gasteiger partial charge on any atom is -0.397 e. The first-order chi connectivity index (χ1) is 25.5. The van der Waals surface area contributed by atoms with Gasteiger partial charge in [0.05, 0.1) is 32.8 Å². The molecule has 0 saturated heterocycles. The third-order valence-corrected chi connectivity index (χ3v) is 10.4. The topological polar surface area (TPSA) is 113 Å². The fourth-order valence-corrected chi connectivity index (χ4v) is 6.55. The van der Waals surface area contributed by atoms with Gasteiger partial charge in [0, 0.05) is 48.3 Å². The lowest BCUT2D eigenvalue weighted by molar-refractivity contribution is -0.116. The minimum absolute atomic E-state index is 0.207. The Bertz CT molecular complexity index is 1990. The number of carbonyl (C=O) groups is 3. The minimum atomic E-state index is 0.207. The van der Waals surface area contributed by atoms with Gasteiger partial charge in [-0.15, -0.1) is 0 Å². The standard InChI is InChI=1S/C22H25ClN2O.C13H15ClN2O.C9H10O/c1-15-7-3-4-8-17(15)13-14-24-19-10-5-11-20(22(19)23)25-18-9-6-12-21(26)16(18)2;1-8-10(5-3-7-12(8)17)16-11-6-2-4-9(15)13(11)14;1-8-4-2-3-5-9(8)6-7-10/h3-5,7-8,10-11,24-25H,6,9,12-14H2,1-2H3;2,4,6,16H,3,5,7,15H2,1H3;2-5,7H,6H2,1H3. The first-order valence-electron chi connectivity index (χ1n) is 18.1. The molecule has 2 aliphatic rings. The molecule has 278 valence electrons. The molecule has 0 fully saturated rings. The van der Waals surface area contributed by atoms with Gasteiger partial charge in [0.1, 0.15) is 6.29 Å². The molecular weight excluding hydrogens is 703 g/mol. The van der Waals surface area contributed by atoms with Crippen molar-refractivity contribution in [3.05, 3.63) is 140 Å². The Balaban J connectivity index is 0.000000198. The number of ketones is 2. The number of carbonyl (C=O) groups excluding carboxylic acids is 3. The summed E-state index contributed by atoms with van der Waals surface area (Å²) in [6, 6.07) is 27.7. The molecule has 0 heterocycles. The summed E-state index contributed by atoms with van der Waals surface area (Å²) in [6.45, 7) is 8.70. The summed E-state index contributed by atoms with van der Waals surface area (Å²) in [6.07, 6.45) is 7.24. The second kappa shape index (κ2) is 20.4. The maximum atomic E-state index is 11.9. The van der Waals surface area contributed by atoms with Crippen LogP contribution < -0.4 is 21.7 Å². The van der Waals surface area contributed by atoms with Gasteiger partial charge in [-0.3, -0.25) is 9.59 Å². The Morgan fingerprint density at radius 1 is 0.623 bits per heavy atom. The van der Waals surface area contributed by atoms with Gasteiger partial charge in [-0.25, -0.2) is 0 Å². The summed E-state index contributed by atoms with van der Waals surface area (Å²) in [4.78, 5) is 33.6. The highest BCUT2D eigenvalue weighted by atomic mass is 35.5. The van der Waals surface area contributed by atoms with E-state index in [4.69, 9.17) is 28.9 Å². The number of nitrogens with one attached hydrogen (secondary N) is 3. The molecule has 5 N–H and O–H groups in total. The van der Waals surface area contributed by atoms with Crippen LogP contribution in [0.15, 0.2) is 107 Å². The molecule has 0 bridgehead atoms. The number of aryl methyl sites for hydroxylation is 2. The molecular formula is C44H50Cl2N4O3.